The minimum absolute atomic E-state index is 0.0114. The van der Waals surface area contributed by atoms with Gasteiger partial charge in [0.25, 0.3) is 5.91 Å². The highest BCUT2D eigenvalue weighted by atomic mass is 32.2. The summed E-state index contributed by atoms with van der Waals surface area (Å²) in [6, 6.07) is 7.82. The number of piperazine rings is 1. The van der Waals surface area contributed by atoms with E-state index in [1.54, 1.807) is 37.4 Å². The average molecular weight is 876 g/mol. The molecule has 0 radical (unpaired) electrons. The number of methoxy groups -OCH3 is 2. The third-order valence-corrected chi connectivity index (χ3v) is 15.3. The molecule has 1 spiro atoms. The number of aryl methyl sites for hydroxylation is 1. The van der Waals surface area contributed by atoms with Crippen LogP contribution in [0.3, 0.4) is 0 Å². The SMILES string of the molecule is COc1cc2c(cc1O)CCN(C(=O)c1cccnc1)[C@]21CS[C@@H]2c3c(OC(C)=O)c(C)c4c(c3[C@@H](COC1=O)N1[C@@H]2[C@H]2c3c(cc(C)c(OC)c3O)C[C@@H]([C@@H]1C#N)N2C)OCO4. The van der Waals surface area contributed by atoms with E-state index in [0.717, 1.165) is 11.1 Å². The molecule has 1 amide bonds. The quantitative estimate of drug-likeness (QED) is 0.207. The second kappa shape index (κ2) is 15.0. The Morgan fingerprint density at radius 2 is 1.83 bits per heavy atom. The molecule has 8 heterocycles. The number of rotatable bonds is 4. The summed E-state index contributed by atoms with van der Waals surface area (Å²) >= 11 is 1.35. The lowest BCUT2D eigenvalue weighted by Crippen LogP contribution is -2.69. The van der Waals surface area contributed by atoms with E-state index in [9.17, 15) is 25.1 Å². The van der Waals surface area contributed by atoms with Gasteiger partial charge in [-0.2, -0.15) is 5.26 Å². The van der Waals surface area contributed by atoms with Crippen molar-refractivity contribution in [1.29, 1.82) is 5.26 Å². The van der Waals surface area contributed by atoms with Crippen LogP contribution in [-0.4, -0.2) is 113 Å². The summed E-state index contributed by atoms with van der Waals surface area (Å²) in [5, 5.41) is 33.8. The van der Waals surface area contributed by atoms with Gasteiger partial charge in [0.05, 0.1) is 43.2 Å². The summed E-state index contributed by atoms with van der Waals surface area (Å²) in [4.78, 5) is 53.6. The van der Waals surface area contributed by atoms with E-state index in [0.29, 0.717) is 63.5 Å². The minimum Gasteiger partial charge on any atom is -0.504 e. The third kappa shape index (κ3) is 5.73. The van der Waals surface area contributed by atoms with E-state index in [4.69, 9.17) is 28.4 Å². The number of likely N-dealkylation sites (N-methyl/N-ethyl adjacent to an activating group) is 1. The van der Waals surface area contributed by atoms with Gasteiger partial charge in [-0.15, -0.1) is 11.8 Å². The van der Waals surface area contributed by atoms with E-state index in [1.165, 1.54) is 44.0 Å². The number of hydrogen-bond donors (Lipinski definition) is 2. The second-order valence-electron chi connectivity index (χ2n) is 16.8. The van der Waals surface area contributed by atoms with Gasteiger partial charge < -0.3 is 43.5 Å². The molecule has 326 valence electrons. The summed E-state index contributed by atoms with van der Waals surface area (Å²) in [7, 11) is 4.88. The van der Waals surface area contributed by atoms with E-state index >= 15 is 4.79 Å². The van der Waals surface area contributed by atoms with Crippen molar-refractivity contribution in [2.45, 2.75) is 74.6 Å². The minimum atomic E-state index is -1.81. The second-order valence-corrected chi connectivity index (χ2v) is 17.9. The number of esters is 2. The van der Waals surface area contributed by atoms with Gasteiger partial charge >= 0.3 is 11.9 Å². The highest BCUT2D eigenvalue weighted by molar-refractivity contribution is 7.99. The van der Waals surface area contributed by atoms with Crippen LogP contribution in [0.15, 0.2) is 42.7 Å². The topological polar surface area (TPSA) is 193 Å². The van der Waals surface area contributed by atoms with Crippen molar-refractivity contribution in [2.75, 3.05) is 47.0 Å². The first-order valence-electron chi connectivity index (χ1n) is 20.7. The molecule has 63 heavy (non-hydrogen) atoms. The van der Waals surface area contributed by atoms with Gasteiger partial charge in [-0.1, -0.05) is 6.07 Å². The van der Waals surface area contributed by atoms with Crippen LogP contribution < -0.4 is 23.7 Å². The van der Waals surface area contributed by atoms with E-state index in [2.05, 4.69) is 20.9 Å². The molecule has 0 saturated carbocycles. The van der Waals surface area contributed by atoms with Gasteiger partial charge in [0.2, 0.25) is 6.79 Å². The number of nitrogens with zero attached hydrogens (tertiary/aromatic N) is 5. The largest absolute Gasteiger partial charge is 0.504 e. The molecule has 16 nitrogen and oxygen atoms in total. The first-order valence-corrected chi connectivity index (χ1v) is 21.7. The van der Waals surface area contributed by atoms with Crippen molar-refractivity contribution >= 4 is 29.6 Å². The molecule has 3 aromatic carbocycles. The lowest BCUT2D eigenvalue weighted by Gasteiger charge is -2.62. The molecule has 7 atom stereocenters. The van der Waals surface area contributed by atoms with Crippen LogP contribution in [0.5, 0.6) is 40.2 Å². The summed E-state index contributed by atoms with van der Waals surface area (Å²) in [6.07, 6.45) is 3.75. The molecule has 2 N–H and O–H groups in total. The predicted octanol–water partition coefficient (Wildman–Crippen LogP) is 4.93. The van der Waals surface area contributed by atoms with Crippen LogP contribution in [0.4, 0.5) is 0 Å². The maximum atomic E-state index is 15.5. The molecular formula is C46H45N5O11S. The van der Waals surface area contributed by atoms with Crippen molar-refractivity contribution in [2.24, 2.45) is 0 Å². The molecule has 7 aliphatic heterocycles. The number of amides is 1. The lowest BCUT2D eigenvalue weighted by atomic mass is 9.71. The van der Waals surface area contributed by atoms with Crippen molar-refractivity contribution in [3.8, 4) is 46.3 Å². The highest BCUT2D eigenvalue weighted by Crippen LogP contribution is 2.65. The van der Waals surface area contributed by atoms with Crippen molar-refractivity contribution in [3.05, 3.63) is 92.8 Å². The fourth-order valence-corrected chi connectivity index (χ4v) is 12.9. The lowest BCUT2D eigenvalue weighted by molar-refractivity contribution is -0.162. The number of aromatic nitrogens is 1. The van der Waals surface area contributed by atoms with Gasteiger partial charge in [-0.25, -0.2) is 4.79 Å². The molecule has 7 aliphatic rings. The number of nitriles is 1. The monoisotopic (exact) mass is 875 g/mol. The Hall–Kier alpha value is -6.22. The highest BCUT2D eigenvalue weighted by Gasteiger charge is 2.63. The number of carbonyl (C=O) groups excluding carboxylic acids is 3. The molecule has 0 aliphatic carbocycles. The number of carbonyl (C=O) groups is 3. The fourth-order valence-electron chi connectivity index (χ4n) is 11.2. The zero-order valence-electron chi connectivity index (χ0n) is 35.5. The number of phenols is 2. The van der Waals surface area contributed by atoms with Gasteiger partial charge in [-0.05, 0) is 80.3 Å². The van der Waals surface area contributed by atoms with Gasteiger partial charge in [0.15, 0.2) is 40.0 Å². The van der Waals surface area contributed by atoms with Crippen LogP contribution in [0.2, 0.25) is 0 Å². The van der Waals surface area contributed by atoms with Crippen molar-refractivity contribution in [3.63, 3.8) is 0 Å². The molecule has 4 aromatic rings. The number of hydrogen-bond acceptors (Lipinski definition) is 16. The van der Waals surface area contributed by atoms with Crippen LogP contribution in [0.25, 0.3) is 0 Å². The number of fused-ring (bicyclic) bond motifs is 9. The van der Waals surface area contributed by atoms with Crippen molar-refractivity contribution < 1.29 is 53.0 Å². The number of ether oxygens (including phenoxy) is 6. The Bertz CT molecular complexity index is 2670. The van der Waals surface area contributed by atoms with Crippen LogP contribution in [-0.2, 0) is 32.7 Å². The Morgan fingerprint density at radius 1 is 1.03 bits per heavy atom. The summed E-state index contributed by atoms with van der Waals surface area (Å²) in [5.74, 6) is -0.530. The normalized spacial score (nSPS) is 26.7. The van der Waals surface area contributed by atoms with Crippen molar-refractivity contribution in [1.82, 2.24) is 19.7 Å². The zero-order valence-corrected chi connectivity index (χ0v) is 36.3. The molecular weight excluding hydrogens is 831 g/mol. The number of phenolic OH excluding ortho intramolecular Hbond substituents is 2. The van der Waals surface area contributed by atoms with Crippen LogP contribution in [0.1, 0.15) is 79.1 Å². The summed E-state index contributed by atoms with van der Waals surface area (Å²) in [6.45, 7) is 4.64. The van der Waals surface area contributed by atoms with E-state index < -0.39 is 52.8 Å². The Morgan fingerprint density at radius 3 is 2.54 bits per heavy atom. The molecule has 0 unspecified atom stereocenters. The molecule has 2 fully saturated rings. The van der Waals surface area contributed by atoms with Gasteiger partial charge in [0.1, 0.15) is 18.4 Å². The molecule has 17 heteroatoms. The number of pyridine rings is 1. The standard InChI is InChI=1S/C46H45N5O11S/c1-21-12-26-13-28-29(16-47)51-30-18-59-45(56)46(27-15-32(57-5)31(53)14-24(27)9-11-50(46)44(55)25-8-7-10-48-17-25)19-63-43(37(51)36(49(28)4)33(26)38(54)39(21)58-6)35-34(30)42-41(60-20-61-42)22(2)40(35)62-23(3)52/h7-8,10,12,14-15,17,28-30,36-37,43,53-54H,9,11,13,18-20H2,1-6H3/t28-,29-,30+,36+,37+,43+,46+/m0/s1. The maximum Gasteiger partial charge on any atom is 0.337 e. The number of aromatic hydroxyl groups is 2. The van der Waals surface area contributed by atoms with Gasteiger partial charge in [-0.3, -0.25) is 24.4 Å². The predicted molar refractivity (Wildman–Crippen MR) is 225 cm³/mol. The molecule has 4 bridgehead atoms. The Kier molecular flexibility index (Phi) is 9.69. The van der Waals surface area contributed by atoms with Crippen LogP contribution >= 0.6 is 11.8 Å². The Labute approximate surface area is 367 Å². The molecule has 1 aromatic heterocycles. The summed E-state index contributed by atoms with van der Waals surface area (Å²) in [5.41, 5.74) is 3.45. The fraction of sp³-hybridized carbons (Fsp3) is 0.413. The first kappa shape index (κ1) is 40.8. The maximum absolute atomic E-state index is 15.5. The van der Waals surface area contributed by atoms with E-state index in [-0.39, 0.29) is 60.3 Å². The first-order chi connectivity index (χ1) is 30.4. The smallest absolute Gasteiger partial charge is 0.337 e. The molecule has 2 saturated heterocycles. The average Bonchev–Trinajstić information content (AvgIpc) is 3.76. The molecule has 11 rings (SSSR count). The van der Waals surface area contributed by atoms with Crippen LogP contribution in [0, 0.1) is 25.2 Å². The van der Waals surface area contributed by atoms with Gasteiger partial charge in [0, 0.05) is 66.0 Å². The third-order valence-electron chi connectivity index (χ3n) is 13.8. The number of benzene rings is 3. The zero-order chi connectivity index (χ0) is 44.2. The summed E-state index contributed by atoms with van der Waals surface area (Å²) < 4.78 is 36.5. The Balaban J connectivity index is 1.27. The number of thioether (sulfide) groups is 1. The van der Waals surface area contributed by atoms with E-state index in [1.807, 2.05) is 20.0 Å².